The Bertz CT molecular complexity index is 1510. The van der Waals surface area contributed by atoms with Crippen molar-refractivity contribution in [3.63, 3.8) is 0 Å². The van der Waals surface area contributed by atoms with Gasteiger partial charge in [-0.3, -0.25) is 14.4 Å². The average Bonchev–Trinajstić information content (AvgIpc) is 3.60. The molecule has 38 heavy (non-hydrogen) atoms. The highest BCUT2D eigenvalue weighted by atomic mass is 16.7. The Hall–Kier alpha value is -3.26. The van der Waals surface area contributed by atoms with Gasteiger partial charge in [0.15, 0.2) is 17.2 Å². The van der Waals surface area contributed by atoms with Crippen molar-refractivity contribution in [1.82, 2.24) is 5.06 Å². The Morgan fingerprint density at radius 1 is 1.18 bits per heavy atom. The van der Waals surface area contributed by atoms with E-state index in [1.807, 2.05) is 44.2 Å². The van der Waals surface area contributed by atoms with Crippen molar-refractivity contribution >= 4 is 22.5 Å². The van der Waals surface area contributed by atoms with Gasteiger partial charge < -0.3 is 14.6 Å². The molecule has 7 heteroatoms. The summed E-state index contributed by atoms with van der Waals surface area (Å²) in [6, 6.07) is 9.77. The Labute approximate surface area is 220 Å². The number of nitrogens with zero attached hydrogens (tertiary/aromatic N) is 1. The summed E-state index contributed by atoms with van der Waals surface area (Å²) >= 11 is 0. The first kappa shape index (κ1) is 23.8. The van der Waals surface area contributed by atoms with Crippen molar-refractivity contribution in [3.8, 4) is 0 Å². The first-order valence-electron chi connectivity index (χ1n) is 13.5. The monoisotopic (exact) mass is 513 g/mol. The van der Waals surface area contributed by atoms with Crippen molar-refractivity contribution in [2.75, 3.05) is 6.61 Å². The van der Waals surface area contributed by atoms with Crippen LogP contribution in [0.15, 0.2) is 80.5 Å². The Morgan fingerprint density at radius 3 is 2.79 bits per heavy atom. The number of aliphatic hydroxyl groups is 2. The zero-order valence-electron chi connectivity index (χ0n) is 21.6. The van der Waals surface area contributed by atoms with Gasteiger partial charge in [-0.1, -0.05) is 43.7 Å². The third-order valence-electron chi connectivity index (χ3n) is 9.37. The van der Waals surface area contributed by atoms with Crippen molar-refractivity contribution in [2.24, 2.45) is 11.3 Å². The quantitative estimate of drug-likeness (QED) is 0.623. The zero-order valence-corrected chi connectivity index (χ0v) is 21.6. The van der Waals surface area contributed by atoms with Gasteiger partial charge in [0.2, 0.25) is 0 Å². The molecule has 0 bridgehead atoms. The van der Waals surface area contributed by atoms with E-state index in [9.17, 15) is 19.8 Å². The molecule has 0 amide bonds. The number of aliphatic hydroxyl groups excluding tert-OH is 2. The first-order chi connectivity index (χ1) is 18.3. The molecule has 0 fully saturated rings. The van der Waals surface area contributed by atoms with Crippen LogP contribution in [-0.4, -0.2) is 45.2 Å². The second-order valence-corrected chi connectivity index (χ2v) is 11.5. The normalized spacial score (nSPS) is 32.2. The number of benzene rings is 1. The molecular weight excluding hydrogens is 482 g/mol. The maximum Gasteiger partial charge on any atom is 0.198 e. The highest BCUT2D eigenvalue weighted by Gasteiger charge is 2.67. The SMILES string of the molecule is C[C@H]1C=C2C(=O)C=C3C4=C(C5=C(CCC5)C4)N(Cc4cc5ccccc5o4)O[C@]3(C(=O)CO)[C@@]2(C)C[C@@H]1O. The van der Waals surface area contributed by atoms with E-state index in [1.165, 1.54) is 11.1 Å². The number of hydrogen-bond acceptors (Lipinski definition) is 7. The summed E-state index contributed by atoms with van der Waals surface area (Å²) < 4.78 is 6.15. The van der Waals surface area contributed by atoms with Crippen LogP contribution in [0.4, 0.5) is 0 Å². The number of carbonyl (C=O) groups excluding carboxylic acids is 2. The number of para-hydroxylation sites is 1. The van der Waals surface area contributed by atoms with Gasteiger partial charge in [-0.15, -0.1) is 0 Å². The van der Waals surface area contributed by atoms with Crippen LogP contribution in [0.25, 0.3) is 11.0 Å². The van der Waals surface area contributed by atoms with E-state index in [2.05, 4.69) is 0 Å². The standard InChI is InChI=1S/C31H31NO6/c1-17-10-24-25(34)13-23-22-12-18-7-5-8-21(18)29(22)32(15-20-11-19-6-3-4-9-27(19)37-20)38-31(23,28(36)16-33)30(24,2)14-26(17)35/h3-4,6,9-11,13,17,26,33,35H,5,7-8,12,14-16H2,1-2H3/t17-,26-,30-,31+/m0/s1. The van der Waals surface area contributed by atoms with E-state index in [1.54, 1.807) is 17.2 Å². The Morgan fingerprint density at radius 2 is 2.00 bits per heavy atom. The van der Waals surface area contributed by atoms with Crippen LogP contribution in [0.3, 0.4) is 0 Å². The molecule has 1 aromatic heterocycles. The highest BCUT2D eigenvalue weighted by Crippen LogP contribution is 2.62. The van der Waals surface area contributed by atoms with E-state index in [0.29, 0.717) is 23.3 Å². The molecule has 2 aromatic rings. The lowest BCUT2D eigenvalue weighted by atomic mass is 9.52. The van der Waals surface area contributed by atoms with Gasteiger partial charge in [-0.05, 0) is 61.5 Å². The van der Waals surface area contributed by atoms with E-state index in [0.717, 1.165) is 41.5 Å². The van der Waals surface area contributed by atoms with Crippen LogP contribution < -0.4 is 0 Å². The minimum atomic E-state index is -1.65. The fourth-order valence-corrected chi connectivity index (χ4v) is 7.51. The van der Waals surface area contributed by atoms with Crippen LogP contribution in [0.2, 0.25) is 0 Å². The van der Waals surface area contributed by atoms with Crippen LogP contribution in [0.5, 0.6) is 0 Å². The molecule has 0 spiro atoms. The maximum atomic E-state index is 13.9. The highest BCUT2D eigenvalue weighted by molar-refractivity contribution is 6.12. The molecule has 1 aromatic carbocycles. The number of Topliss-reactive ketones (excluding diaryl/α,β-unsaturated/α-hetero) is 1. The molecule has 2 N–H and O–H groups in total. The third kappa shape index (κ3) is 3.01. The van der Waals surface area contributed by atoms with Gasteiger partial charge in [0.25, 0.3) is 0 Å². The van der Waals surface area contributed by atoms with Gasteiger partial charge in [-0.25, -0.2) is 5.06 Å². The second-order valence-electron chi connectivity index (χ2n) is 11.5. The van der Waals surface area contributed by atoms with Crippen LogP contribution >= 0.6 is 0 Å². The van der Waals surface area contributed by atoms with Gasteiger partial charge in [0, 0.05) is 27.9 Å². The number of rotatable bonds is 4. The lowest BCUT2D eigenvalue weighted by Gasteiger charge is -2.57. The summed E-state index contributed by atoms with van der Waals surface area (Å²) in [5.41, 5.74) is 3.34. The van der Waals surface area contributed by atoms with Crippen molar-refractivity contribution < 1.29 is 29.1 Å². The summed E-state index contributed by atoms with van der Waals surface area (Å²) in [5, 5.41) is 24.0. The zero-order chi connectivity index (χ0) is 26.4. The predicted molar refractivity (Wildman–Crippen MR) is 139 cm³/mol. The van der Waals surface area contributed by atoms with Gasteiger partial charge in [-0.2, -0.15) is 0 Å². The van der Waals surface area contributed by atoms with E-state index in [-0.39, 0.29) is 24.7 Å². The lowest BCUT2D eigenvalue weighted by molar-refractivity contribution is -0.255. The molecule has 5 aliphatic rings. The third-order valence-corrected chi connectivity index (χ3v) is 9.37. The Kier molecular flexibility index (Phi) is 5.09. The van der Waals surface area contributed by atoms with E-state index < -0.39 is 29.5 Å². The number of allylic oxidation sites excluding steroid dienone is 3. The topological polar surface area (TPSA) is 100 Å². The van der Waals surface area contributed by atoms with Crippen LogP contribution in [-0.2, 0) is 21.0 Å². The number of hydrogen-bond donors (Lipinski definition) is 2. The number of carbonyl (C=O) groups is 2. The summed E-state index contributed by atoms with van der Waals surface area (Å²) in [6.07, 6.45) is 6.35. The summed E-state index contributed by atoms with van der Waals surface area (Å²) in [4.78, 5) is 34.4. The summed E-state index contributed by atoms with van der Waals surface area (Å²) in [5.74, 6) is -0.218. The van der Waals surface area contributed by atoms with Crippen molar-refractivity contribution in [1.29, 1.82) is 0 Å². The molecule has 0 unspecified atom stereocenters. The van der Waals surface area contributed by atoms with Gasteiger partial charge >= 0.3 is 0 Å². The number of fused-ring (bicyclic) bond motifs is 6. The van der Waals surface area contributed by atoms with Crippen LogP contribution in [0.1, 0.15) is 51.7 Å². The van der Waals surface area contributed by atoms with E-state index in [4.69, 9.17) is 9.25 Å². The molecule has 196 valence electrons. The number of ketones is 2. The smallest absolute Gasteiger partial charge is 0.198 e. The molecule has 1 aliphatic heterocycles. The number of hydroxylamine groups is 2. The predicted octanol–water partition coefficient (Wildman–Crippen LogP) is 4.46. The molecular formula is C31H31NO6. The summed E-state index contributed by atoms with van der Waals surface area (Å²) in [6.45, 7) is 3.22. The molecule has 4 aliphatic carbocycles. The lowest BCUT2D eigenvalue weighted by Crippen LogP contribution is -2.66. The molecule has 0 saturated carbocycles. The molecule has 7 nitrogen and oxygen atoms in total. The molecule has 2 heterocycles. The molecule has 0 radical (unpaired) electrons. The van der Waals surface area contributed by atoms with Gasteiger partial charge in [0.1, 0.15) is 24.5 Å². The molecule has 7 rings (SSSR count). The largest absolute Gasteiger partial charge is 0.459 e. The van der Waals surface area contributed by atoms with Gasteiger partial charge in [0.05, 0.1) is 11.8 Å². The molecule has 4 atom stereocenters. The maximum absolute atomic E-state index is 13.9. The first-order valence-corrected chi connectivity index (χ1v) is 13.5. The summed E-state index contributed by atoms with van der Waals surface area (Å²) in [7, 11) is 0. The minimum Gasteiger partial charge on any atom is -0.459 e. The number of furan rings is 1. The van der Waals surface area contributed by atoms with E-state index >= 15 is 0 Å². The Balaban J connectivity index is 1.45. The van der Waals surface area contributed by atoms with Crippen LogP contribution in [0, 0.1) is 11.3 Å². The van der Waals surface area contributed by atoms with Crippen molar-refractivity contribution in [3.05, 3.63) is 81.8 Å². The fourth-order valence-electron chi connectivity index (χ4n) is 7.51. The van der Waals surface area contributed by atoms with Crippen molar-refractivity contribution in [2.45, 2.75) is 64.2 Å². The fraction of sp³-hybridized carbons (Fsp3) is 0.419. The minimum absolute atomic E-state index is 0.157. The average molecular weight is 514 g/mol. The second kappa shape index (κ2) is 8.12. The molecule has 0 saturated heterocycles.